The summed E-state index contributed by atoms with van der Waals surface area (Å²) in [6.07, 6.45) is 2.41. The van der Waals surface area contributed by atoms with Crippen molar-refractivity contribution < 1.29 is 13.6 Å². The van der Waals surface area contributed by atoms with Gasteiger partial charge in [0.1, 0.15) is 4.90 Å². The van der Waals surface area contributed by atoms with Gasteiger partial charge in [0.2, 0.25) is 10.0 Å². The van der Waals surface area contributed by atoms with Crippen molar-refractivity contribution in [3.8, 4) is 0 Å². The second-order valence-corrected chi connectivity index (χ2v) is 5.52. The summed E-state index contributed by atoms with van der Waals surface area (Å²) in [5, 5.41) is 17.4. The molecule has 1 unspecified atom stereocenters. The van der Waals surface area contributed by atoms with Crippen molar-refractivity contribution in [2.24, 2.45) is 16.8 Å². The number of nitrogens with one attached hydrogen (secondary N) is 2. The molecule has 17 heavy (non-hydrogen) atoms. The highest BCUT2D eigenvalue weighted by molar-refractivity contribution is 7.89. The van der Waals surface area contributed by atoms with Gasteiger partial charge in [0.25, 0.3) is 0 Å². The van der Waals surface area contributed by atoms with Crippen LogP contribution in [0.15, 0.2) is 22.4 Å². The van der Waals surface area contributed by atoms with Crippen LogP contribution in [0.3, 0.4) is 0 Å². The summed E-state index contributed by atoms with van der Waals surface area (Å²) in [6.45, 7) is 3.50. The summed E-state index contributed by atoms with van der Waals surface area (Å²) in [5.41, 5.74) is 5.43. The molecule has 0 bridgehead atoms. The van der Waals surface area contributed by atoms with Gasteiger partial charge in [-0.15, -0.1) is 0 Å². The lowest BCUT2D eigenvalue weighted by Crippen LogP contribution is -2.47. The van der Waals surface area contributed by atoms with Crippen molar-refractivity contribution in [1.82, 2.24) is 14.9 Å². The number of hydrogen-bond acceptors (Lipinski definition) is 5. The number of oxime groups is 1. The minimum absolute atomic E-state index is 0.00566. The van der Waals surface area contributed by atoms with Gasteiger partial charge in [0.15, 0.2) is 5.84 Å². The summed E-state index contributed by atoms with van der Waals surface area (Å²) in [4.78, 5) is -0.00566. The number of aromatic amines is 1. The third kappa shape index (κ3) is 3.17. The SMILES string of the molecule is CC(C)C(NS(=O)(=O)c1cn[nH]c1)C(N)=NO. The minimum atomic E-state index is -3.73. The van der Waals surface area contributed by atoms with Crippen LogP contribution in [0, 0.1) is 5.92 Å². The quantitative estimate of drug-likeness (QED) is 0.244. The van der Waals surface area contributed by atoms with Crippen LogP contribution >= 0.6 is 0 Å². The Kier molecular flexibility index (Phi) is 4.07. The van der Waals surface area contributed by atoms with Gasteiger partial charge in [-0.1, -0.05) is 19.0 Å². The first-order chi connectivity index (χ1) is 7.88. The van der Waals surface area contributed by atoms with Crippen LogP contribution in [0.5, 0.6) is 0 Å². The molecule has 1 aromatic heterocycles. The maximum absolute atomic E-state index is 11.9. The Labute approximate surface area is 98.9 Å². The number of aromatic nitrogens is 2. The predicted octanol–water partition coefficient (Wildman–Crippen LogP) is -0.541. The normalized spacial score (nSPS) is 15.1. The van der Waals surface area contributed by atoms with E-state index in [2.05, 4.69) is 20.1 Å². The molecule has 1 rings (SSSR count). The fraction of sp³-hybridized carbons (Fsp3) is 0.500. The molecule has 1 atom stereocenters. The molecule has 1 heterocycles. The van der Waals surface area contributed by atoms with E-state index in [0.717, 1.165) is 0 Å². The third-order valence-corrected chi connectivity index (χ3v) is 3.57. The molecule has 9 heteroatoms. The maximum atomic E-state index is 11.9. The Morgan fingerprint density at radius 2 is 2.29 bits per heavy atom. The highest BCUT2D eigenvalue weighted by Gasteiger charge is 2.26. The second kappa shape index (κ2) is 5.15. The molecule has 0 amide bonds. The lowest BCUT2D eigenvalue weighted by molar-refractivity contribution is 0.313. The molecule has 0 aromatic carbocycles. The second-order valence-electron chi connectivity index (χ2n) is 3.80. The summed E-state index contributed by atoms with van der Waals surface area (Å²) in [7, 11) is -3.73. The average molecular weight is 261 g/mol. The largest absolute Gasteiger partial charge is 0.409 e. The fourth-order valence-corrected chi connectivity index (χ4v) is 2.48. The number of rotatable bonds is 5. The van der Waals surface area contributed by atoms with Crippen LogP contribution in [0.1, 0.15) is 13.8 Å². The first-order valence-corrected chi connectivity index (χ1v) is 6.35. The van der Waals surface area contributed by atoms with Gasteiger partial charge in [-0.05, 0) is 5.92 Å². The zero-order valence-electron chi connectivity index (χ0n) is 9.45. The molecule has 1 aromatic rings. The molecule has 5 N–H and O–H groups in total. The first-order valence-electron chi connectivity index (χ1n) is 4.87. The molecule has 8 nitrogen and oxygen atoms in total. The number of nitrogens with two attached hydrogens (primary N) is 1. The van der Waals surface area contributed by atoms with Crippen LogP contribution in [0.4, 0.5) is 0 Å². The van der Waals surface area contributed by atoms with E-state index in [1.807, 2.05) is 0 Å². The van der Waals surface area contributed by atoms with E-state index >= 15 is 0 Å². The minimum Gasteiger partial charge on any atom is -0.409 e. The first kappa shape index (κ1) is 13.5. The lowest BCUT2D eigenvalue weighted by atomic mass is 10.1. The molecule has 0 saturated carbocycles. The van der Waals surface area contributed by atoms with Crippen LogP contribution in [0.2, 0.25) is 0 Å². The van der Waals surface area contributed by atoms with Crippen molar-refractivity contribution in [1.29, 1.82) is 0 Å². The van der Waals surface area contributed by atoms with Crippen molar-refractivity contribution in [2.45, 2.75) is 24.8 Å². The van der Waals surface area contributed by atoms with Crippen molar-refractivity contribution in [2.75, 3.05) is 0 Å². The zero-order chi connectivity index (χ0) is 13.1. The van der Waals surface area contributed by atoms with Crippen LogP contribution < -0.4 is 10.5 Å². The highest BCUT2D eigenvalue weighted by atomic mass is 32.2. The molecular weight excluding hydrogens is 246 g/mol. The van der Waals surface area contributed by atoms with E-state index in [-0.39, 0.29) is 16.6 Å². The Morgan fingerprint density at radius 3 is 2.71 bits per heavy atom. The van der Waals surface area contributed by atoms with Crippen molar-refractivity contribution in [3.63, 3.8) is 0 Å². The molecule has 0 aliphatic heterocycles. The van der Waals surface area contributed by atoms with Crippen molar-refractivity contribution in [3.05, 3.63) is 12.4 Å². The monoisotopic (exact) mass is 261 g/mol. The van der Waals surface area contributed by atoms with Gasteiger partial charge >= 0.3 is 0 Å². The van der Waals surface area contributed by atoms with Gasteiger partial charge in [0.05, 0.1) is 12.2 Å². The number of H-pyrrole nitrogens is 1. The van der Waals surface area contributed by atoms with Gasteiger partial charge < -0.3 is 10.9 Å². The molecule has 0 saturated heterocycles. The van der Waals surface area contributed by atoms with E-state index in [0.29, 0.717) is 0 Å². The number of hydrogen-bond donors (Lipinski definition) is 4. The standard InChI is InChI=1S/C8H15N5O3S/c1-5(2)7(8(9)12-14)13-17(15,16)6-3-10-11-4-6/h3-5,7,13-14H,1-2H3,(H2,9,12)(H,10,11). The number of amidine groups is 1. The average Bonchev–Trinajstić information content (AvgIpc) is 2.78. The number of sulfonamides is 1. The van der Waals surface area contributed by atoms with Gasteiger partial charge in [-0.3, -0.25) is 5.10 Å². The predicted molar refractivity (Wildman–Crippen MR) is 60.9 cm³/mol. The van der Waals surface area contributed by atoms with E-state index < -0.39 is 16.1 Å². The molecule has 0 aliphatic carbocycles. The van der Waals surface area contributed by atoms with Crippen molar-refractivity contribution >= 4 is 15.9 Å². The van der Waals surface area contributed by atoms with Crippen LogP contribution in [-0.4, -0.2) is 35.7 Å². The van der Waals surface area contributed by atoms with Gasteiger partial charge in [0, 0.05) is 6.20 Å². The van der Waals surface area contributed by atoms with E-state index in [4.69, 9.17) is 10.9 Å². The Hall–Kier alpha value is -1.61. The van der Waals surface area contributed by atoms with Gasteiger partial charge in [-0.25, -0.2) is 13.1 Å². The fourth-order valence-electron chi connectivity index (χ4n) is 1.22. The molecule has 96 valence electrons. The third-order valence-electron chi connectivity index (χ3n) is 2.17. The molecule has 0 fully saturated rings. The van der Waals surface area contributed by atoms with Crippen LogP contribution in [-0.2, 0) is 10.0 Å². The topological polar surface area (TPSA) is 133 Å². The van der Waals surface area contributed by atoms with Gasteiger partial charge in [-0.2, -0.15) is 5.10 Å². The zero-order valence-corrected chi connectivity index (χ0v) is 10.3. The summed E-state index contributed by atoms with van der Waals surface area (Å²) in [5.74, 6) is -0.348. The summed E-state index contributed by atoms with van der Waals surface area (Å²) < 4.78 is 26.1. The highest BCUT2D eigenvalue weighted by Crippen LogP contribution is 2.09. The molecule has 0 spiro atoms. The lowest BCUT2D eigenvalue weighted by Gasteiger charge is -2.20. The smallest absolute Gasteiger partial charge is 0.244 e. The van der Waals surface area contributed by atoms with E-state index in [1.165, 1.54) is 12.4 Å². The Bertz CT molecular complexity index is 479. The van der Waals surface area contributed by atoms with Crippen LogP contribution in [0.25, 0.3) is 0 Å². The van der Waals surface area contributed by atoms with E-state index in [1.54, 1.807) is 13.8 Å². The van der Waals surface area contributed by atoms with E-state index in [9.17, 15) is 8.42 Å². The maximum Gasteiger partial charge on any atom is 0.244 e. The Balaban J connectivity index is 2.96. The molecule has 0 radical (unpaired) electrons. The Morgan fingerprint density at radius 1 is 1.65 bits per heavy atom. The molecular formula is C8H15N5O3S. The summed E-state index contributed by atoms with van der Waals surface area (Å²) >= 11 is 0. The molecule has 0 aliphatic rings. The number of nitrogens with zero attached hydrogens (tertiary/aromatic N) is 2. The summed E-state index contributed by atoms with van der Waals surface area (Å²) in [6, 6.07) is -0.778.